The van der Waals surface area contributed by atoms with Crippen LogP contribution in [-0.2, 0) is 6.61 Å². The maximum absolute atomic E-state index is 10.8. The Morgan fingerprint density at radius 3 is 2.70 bits per heavy atom. The Balaban J connectivity index is 1.69. The molecule has 3 aromatic rings. The minimum atomic E-state index is -1.16. The summed E-state index contributed by atoms with van der Waals surface area (Å²) in [6, 6.07) is 12.1. The summed E-state index contributed by atoms with van der Waals surface area (Å²) >= 11 is 5.97. The van der Waals surface area contributed by atoms with E-state index >= 15 is 0 Å². The van der Waals surface area contributed by atoms with Crippen LogP contribution in [0, 0.1) is 0 Å². The van der Waals surface area contributed by atoms with Gasteiger partial charge in [0.25, 0.3) is 0 Å². The van der Waals surface area contributed by atoms with Gasteiger partial charge in [0.1, 0.15) is 23.2 Å². The fraction of sp³-hybridized carbons (Fsp3) is 0.0625. The molecule has 23 heavy (non-hydrogen) atoms. The Hall–Kier alpha value is -2.86. The van der Waals surface area contributed by atoms with E-state index in [2.05, 4.69) is 10.1 Å². The van der Waals surface area contributed by atoms with E-state index in [1.165, 1.54) is 6.07 Å². The number of hydrogen-bond acceptors (Lipinski definition) is 5. The first-order valence-corrected chi connectivity index (χ1v) is 7.04. The van der Waals surface area contributed by atoms with Crippen LogP contribution < -0.4 is 4.74 Å². The van der Waals surface area contributed by atoms with Crippen molar-refractivity contribution in [3.05, 3.63) is 65.1 Å². The molecule has 0 amide bonds. The summed E-state index contributed by atoms with van der Waals surface area (Å²) in [6.45, 7) is 0.305. The molecule has 2 aromatic heterocycles. The van der Waals surface area contributed by atoms with Gasteiger partial charge in [-0.2, -0.15) is 0 Å². The number of rotatable bonds is 5. The SMILES string of the molecule is O=C(O)c1cc(-c2ccc(OCc3cccnc3Cl)cc2)no1. The van der Waals surface area contributed by atoms with E-state index < -0.39 is 5.97 Å². The molecule has 0 unspecified atom stereocenters. The molecule has 0 spiro atoms. The first kappa shape index (κ1) is 15.1. The molecule has 0 fully saturated rings. The van der Waals surface area contributed by atoms with Crippen molar-refractivity contribution in [1.29, 1.82) is 0 Å². The lowest BCUT2D eigenvalue weighted by atomic mass is 10.1. The van der Waals surface area contributed by atoms with Crippen LogP contribution in [0.5, 0.6) is 5.75 Å². The number of benzene rings is 1. The van der Waals surface area contributed by atoms with Gasteiger partial charge in [0.05, 0.1) is 0 Å². The van der Waals surface area contributed by atoms with Gasteiger partial charge in [-0.05, 0) is 30.3 Å². The van der Waals surface area contributed by atoms with Gasteiger partial charge < -0.3 is 14.4 Å². The van der Waals surface area contributed by atoms with Crippen LogP contribution in [0.2, 0.25) is 5.15 Å². The molecule has 0 radical (unpaired) electrons. The predicted octanol–water partition coefficient (Wildman–Crippen LogP) is 3.67. The number of aromatic carboxylic acids is 1. The molecular formula is C16H11ClN2O4. The van der Waals surface area contributed by atoms with Crippen molar-refractivity contribution in [2.75, 3.05) is 0 Å². The monoisotopic (exact) mass is 330 g/mol. The average Bonchev–Trinajstić information content (AvgIpc) is 3.05. The van der Waals surface area contributed by atoms with E-state index in [1.54, 1.807) is 36.5 Å². The second kappa shape index (κ2) is 6.50. The van der Waals surface area contributed by atoms with Crippen molar-refractivity contribution in [3.63, 3.8) is 0 Å². The van der Waals surface area contributed by atoms with Gasteiger partial charge >= 0.3 is 5.97 Å². The van der Waals surface area contributed by atoms with Gasteiger partial charge in [-0.15, -0.1) is 0 Å². The largest absolute Gasteiger partial charge is 0.489 e. The van der Waals surface area contributed by atoms with E-state index in [0.717, 1.165) is 11.1 Å². The van der Waals surface area contributed by atoms with Crippen molar-refractivity contribution in [2.45, 2.75) is 6.61 Å². The maximum atomic E-state index is 10.8. The van der Waals surface area contributed by atoms with Crippen LogP contribution in [0.25, 0.3) is 11.3 Å². The summed E-state index contributed by atoms with van der Waals surface area (Å²) in [6.07, 6.45) is 1.62. The quantitative estimate of drug-likeness (QED) is 0.718. The standard InChI is InChI=1S/C16H11ClN2O4/c17-15-11(2-1-7-18-15)9-22-12-5-3-10(4-6-12)13-8-14(16(20)21)23-19-13/h1-8H,9H2,(H,20,21). The summed E-state index contributed by atoms with van der Waals surface area (Å²) in [5, 5.41) is 13.0. The van der Waals surface area contributed by atoms with Gasteiger partial charge in [-0.25, -0.2) is 9.78 Å². The number of carbonyl (C=O) groups is 1. The summed E-state index contributed by atoms with van der Waals surface area (Å²) in [7, 11) is 0. The summed E-state index contributed by atoms with van der Waals surface area (Å²) < 4.78 is 10.4. The Kier molecular flexibility index (Phi) is 4.25. The second-order valence-electron chi connectivity index (χ2n) is 4.65. The van der Waals surface area contributed by atoms with Gasteiger partial charge in [-0.3, -0.25) is 0 Å². The number of ether oxygens (including phenoxy) is 1. The topological polar surface area (TPSA) is 85.5 Å². The van der Waals surface area contributed by atoms with Crippen LogP contribution in [-0.4, -0.2) is 21.2 Å². The zero-order valence-electron chi connectivity index (χ0n) is 11.8. The number of halogens is 1. The molecule has 0 saturated carbocycles. The molecule has 3 rings (SSSR count). The fourth-order valence-corrected chi connectivity index (χ4v) is 2.10. The number of carboxylic acid groups (broad SMARTS) is 1. The molecule has 116 valence electrons. The van der Waals surface area contributed by atoms with Crippen molar-refractivity contribution < 1.29 is 19.2 Å². The number of hydrogen-bond donors (Lipinski definition) is 1. The lowest BCUT2D eigenvalue weighted by Gasteiger charge is -2.07. The Morgan fingerprint density at radius 1 is 1.26 bits per heavy atom. The number of aromatic nitrogens is 2. The normalized spacial score (nSPS) is 10.5. The van der Waals surface area contributed by atoms with Crippen molar-refractivity contribution in [1.82, 2.24) is 10.1 Å². The lowest BCUT2D eigenvalue weighted by molar-refractivity contribution is 0.0652. The first-order valence-electron chi connectivity index (χ1n) is 6.66. The molecule has 0 aliphatic rings. The van der Waals surface area contributed by atoms with E-state index in [4.69, 9.17) is 26.0 Å². The molecule has 7 heteroatoms. The summed E-state index contributed by atoms with van der Waals surface area (Å²) in [5.41, 5.74) is 1.97. The third-order valence-electron chi connectivity index (χ3n) is 3.10. The van der Waals surface area contributed by atoms with Crippen LogP contribution in [0.1, 0.15) is 16.1 Å². The van der Waals surface area contributed by atoms with Crippen molar-refractivity contribution >= 4 is 17.6 Å². The average molecular weight is 331 g/mol. The molecule has 6 nitrogen and oxygen atoms in total. The van der Waals surface area contributed by atoms with Gasteiger partial charge in [0, 0.05) is 23.4 Å². The molecule has 0 aliphatic heterocycles. The minimum Gasteiger partial charge on any atom is -0.489 e. The molecule has 0 saturated heterocycles. The zero-order chi connectivity index (χ0) is 16.2. The van der Waals surface area contributed by atoms with E-state index in [9.17, 15) is 4.79 Å². The zero-order valence-corrected chi connectivity index (χ0v) is 12.5. The molecule has 1 N–H and O–H groups in total. The van der Waals surface area contributed by atoms with E-state index in [1.807, 2.05) is 6.07 Å². The first-order chi connectivity index (χ1) is 11.1. The Labute approximate surface area is 136 Å². The van der Waals surface area contributed by atoms with Crippen LogP contribution >= 0.6 is 11.6 Å². The number of nitrogens with zero attached hydrogens (tertiary/aromatic N) is 2. The van der Waals surface area contributed by atoms with E-state index in [0.29, 0.717) is 23.2 Å². The number of pyridine rings is 1. The molecule has 0 aliphatic carbocycles. The maximum Gasteiger partial charge on any atom is 0.374 e. The minimum absolute atomic E-state index is 0.202. The highest BCUT2D eigenvalue weighted by molar-refractivity contribution is 6.30. The highest BCUT2D eigenvalue weighted by atomic mass is 35.5. The predicted molar refractivity (Wildman–Crippen MR) is 82.5 cm³/mol. The Bertz CT molecular complexity index is 830. The molecule has 0 atom stereocenters. The van der Waals surface area contributed by atoms with Gasteiger partial charge in [0.15, 0.2) is 0 Å². The molecule has 1 aromatic carbocycles. The fourth-order valence-electron chi connectivity index (χ4n) is 1.92. The van der Waals surface area contributed by atoms with Crippen LogP contribution in [0.3, 0.4) is 0 Å². The third kappa shape index (κ3) is 3.49. The second-order valence-corrected chi connectivity index (χ2v) is 5.01. The van der Waals surface area contributed by atoms with Gasteiger partial charge in [-0.1, -0.05) is 22.8 Å². The third-order valence-corrected chi connectivity index (χ3v) is 3.44. The smallest absolute Gasteiger partial charge is 0.374 e. The van der Waals surface area contributed by atoms with Crippen LogP contribution in [0.4, 0.5) is 0 Å². The molecule has 2 heterocycles. The lowest BCUT2D eigenvalue weighted by Crippen LogP contribution is -1.97. The van der Waals surface area contributed by atoms with Crippen molar-refractivity contribution in [3.8, 4) is 17.0 Å². The highest BCUT2D eigenvalue weighted by Gasteiger charge is 2.12. The highest BCUT2D eigenvalue weighted by Crippen LogP contribution is 2.23. The molecule has 0 bridgehead atoms. The Morgan fingerprint density at radius 2 is 2.04 bits per heavy atom. The van der Waals surface area contributed by atoms with Gasteiger partial charge in [0.2, 0.25) is 5.76 Å². The summed E-state index contributed by atoms with van der Waals surface area (Å²) in [5.74, 6) is -0.709. The van der Waals surface area contributed by atoms with E-state index in [-0.39, 0.29) is 5.76 Å². The van der Waals surface area contributed by atoms with Crippen molar-refractivity contribution in [2.24, 2.45) is 0 Å². The summed E-state index contributed by atoms with van der Waals surface area (Å²) in [4.78, 5) is 14.8. The molecular weight excluding hydrogens is 320 g/mol. The van der Waals surface area contributed by atoms with Crippen LogP contribution in [0.15, 0.2) is 53.2 Å². The number of carboxylic acids is 1.